The number of hydrogen-bond donors (Lipinski definition) is 0. The second kappa shape index (κ2) is 1.98. The average molecular weight is 125 g/mol. The summed E-state index contributed by atoms with van der Waals surface area (Å²) in [6.07, 6.45) is 5.95. The van der Waals surface area contributed by atoms with Gasteiger partial charge in [0.1, 0.15) is 0 Å². The van der Waals surface area contributed by atoms with Crippen molar-refractivity contribution in [1.29, 1.82) is 0 Å². The van der Waals surface area contributed by atoms with Crippen LogP contribution in [0.3, 0.4) is 0 Å². The van der Waals surface area contributed by atoms with Crippen LogP contribution in [0.4, 0.5) is 0 Å². The molecule has 0 unspecified atom stereocenters. The Bertz CT molecular complexity index is 109. The van der Waals surface area contributed by atoms with Gasteiger partial charge in [-0.1, -0.05) is 6.42 Å². The third kappa shape index (κ3) is 0.877. The Morgan fingerprint density at radius 1 is 1.33 bits per heavy atom. The molecule has 1 saturated heterocycles. The fourth-order valence-corrected chi connectivity index (χ4v) is 2.39. The lowest BCUT2D eigenvalue weighted by Crippen LogP contribution is -2.23. The van der Waals surface area contributed by atoms with Crippen LogP contribution >= 0.6 is 0 Å². The van der Waals surface area contributed by atoms with E-state index in [1.807, 2.05) is 0 Å². The zero-order valence-electron chi connectivity index (χ0n) is 6.14. The molecule has 0 aromatic heterocycles. The lowest BCUT2D eigenvalue weighted by atomic mass is 9.91. The molecule has 1 aliphatic heterocycles. The standard InChI is InChI=1S/C8H15N/c1-9-6-7-3-2-4-8(9)5-7/h7-8H,2-6H2,1H3/t7-,8+/m0/s1. The second-order valence-electron chi connectivity index (χ2n) is 3.63. The van der Waals surface area contributed by atoms with E-state index < -0.39 is 0 Å². The first-order chi connectivity index (χ1) is 4.36. The summed E-state index contributed by atoms with van der Waals surface area (Å²) in [4.78, 5) is 2.54. The molecule has 9 heavy (non-hydrogen) atoms. The monoisotopic (exact) mass is 125 g/mol. The van der Waals surface area contributed by atoms with Gasteiger partial charge in [0.2, 0.25) is 0 Å². The molecule has 1 aliphatic carbocycles. The Kier molecular flexibility index (Phi) is 1.26. The highest BCUT2D eigenvalue weighted by atomic mass is 15.2. The fourth-order valence-electron chi connectivity index (χ4n) is 2.39. The lowest BCUT2D eigenvalue weighted by molar-refractivity contribution is 0.295. The predicted molar refractivity (Wildman–Crippen MR) is 38.4 cm³/mol. The van der Waals surface area contributed by atoms with Crippen LogP contribution in [0.25, 0.3) is 0 Å². The van der Waals surface area contributed by atoms with Crippen molar-refractivity contribution in [2.75, 3.05) is 13.6 Å². The van der Waals surface area contributed by atoms with Gasteiger partial charge in [0.05, 0.1) is 0 Å². The highest BCUT2D eigenvalue weighted by Gasteiger charge is 2.32. The summed E-state index contributed by atoms with van der Waals surface area (Å²) >= 11 is 0. The Morgan fingerprint density at radius 2 is 2.22 bits per heavy atom. The van der Waals surface area contributed by atoms with E-state index >= 15 is 0 Å². The SMILES string of the molecule is CN1C[C@H]2CCC[C@@H]1C2. The Labute approximate surface area is 57.0 Å². The molecule has 2 rings (SSSR count). The summed E-state index contributed by atoms with van der Waals surface area (Å²) in [5.41, 5.74) is 0. The first kappa shape index (κ1) is 5.72. The molecule has 0 spiro atoms. The summed E-state index contributed by atoms with van der Waals surface area (Å²) in [5.74, 6) is 1.06. The van der Waals surface area contributed by atoms with Crippen LogP contribution in [0.15, 0.2) is 0 Å². The van der Waals surface area contributed by atoms with E-state index in [1.165, 1.54) is 32.2 Å². The van der Waals surface area contributed by atoms with Crippen molar-refractivity contribution in [3.05, 3.63) is 0 Å². The minimum atomic E-state index is 0.962. The molecule has 2 atom stereocenters. The summed E-state index contributed by atoms with van der Waals surface area (Å²) in [7, 11) is 2.27. The molecule has 0 amide bonds. The zero-order chi connectivity index (χ0) is 6.27. The molecule has 2 fully saturated rings. The first-order valence-electron chi connectivity index (χ1n) is 4.06. The summed E-state index contributed by atoms with van der Waals surface area (Å²) in [6, 6.07) is 0.962. The van der Waals surface area contributed by atoms with Crippen LogP contribution in [0.1, 0.15) is 25.7 Å². The molecule has 0 aromatic carbocycles. The third-order valence-electron chi connectivity index (χ3n) is 2.92. The molecular weight excluding hydrogens is 110 g/mol. The van der Waals surface area contributed by atoms with Crippen molar-refractivity contribution in [3.63, 3.8) is 0 Å². The van der Waals surface area contributed by atoms with E-state index in [9.17, 15) is 0 Å². The summed E-state index contributed by atoms with van der Waals surface area (Å²) in [6.45, 7) is 1.38. The largest absolute Gasteiger partial charge is 0.303 e. The Balaban J connectivity index is 2.07. The maximum Gasteiger partial charge on any atom is 0.00954 e. The van der Waals surface area contributed by atoms with E-state index in [-0.39, 0.29) is 0 Å². The van der Waals surface area contributed by atoms with E-state index in [0.717, 1.165) is 12.0 Å². The van der Waals surface area contributed by atoms with Gasteiger partial charge in [-0.25, -0.2) is 0 Å². The van der Waals surface area contributed by atoms with Gasteiger partial charge in [0, 0.05) is 12.6 Å². The van der Waals surface area contributed by atoms with Crippen LogP contribution in [0.2, 0.25) is 0 Å². The van der Waals surface area contributed by atoms with Gasteiger partial charge in [-0.05, 0) is 32.2 Å². The number of likely N-dealkylation sites (tertiary alicyclic amines) is 1. The van der Waals surface area contributed by atoms with E-state index in [1.54, 1.807) is 0 Å². The van der Waals surface area contributed by atoms with Gasteiger partial charge < -0.3 is 4.90 Å². The summed E-state index contributed by atoms with van der Waals surface area (Å²) in [5, 5.41) is 0. The van der Waals surface area contributed by atoms with Gasteiger partial charge in [-0.15, -0.1) is 0 Å². The second-order valence-corrected chi connectivity index (χ2v) is 3.63. The van der Waals surface area contributed by atoms with Gasteiger partial charge in [-0.3, -0.25) is 0 Å². The first-order valence-corrected chi connectivity index (χ1v) is 4.06. The molecule has 1 saturated carbocycles. The molecular formula is C8H15N. The lowest BCUT2D eigenvalue weighted by Gasteiger charge is -2.19. The van der Waals surface area contributed by atoms with Gasteiger partial charge in [0.25, 0.3) is 0 Å². The van der Waals surface area contributed by atoms with Crippen LogP contribution in [0.5, 0.6) is 0 Å². The van der Waals surface area contributed by atoms with Crippen LogP contribution in [-0.4, -0.2) is 24.5 Å². The number of nitrogens with zero attached hydrogens (tertiary/aromatic N) is 1. The highest BCUT2D eigenvalue weighted by molar-refractivity contribution is 4.87. The van der Waals surface area contributed by atoms with E-state index in [0.29, 0.717) is 0 Å². The summed E-state index contributed by atoms with van der Waals surface area (Å²) < 4.78 is 0. The fraction of sp³-hybridized carbons (Fsp3) is 1.00. The van der Waals surface area contributed by atoms with E-state index in [4.69, 9.17) is 0 Å². The average Bonchev–Trinajstić information content (AvgIpc) is 2.09. The topological polar surface area (TPSA) is 3.24 Å². The van der Waals surface area contributed by atoms with Crippen LogP contribution in [-0.2, 0) is 0 Å². The van der Waals surface area contributed by atoms with Crippen LogP contribution < -0.4 is 0 Å². The van der Waals surface area contributed by atoms with Crippen molar-refractivity contribution in [2.24, 2.45) is 5.92 Å². The zero-order valence-corrected chi connectivity index (χ0v) is 6.14. The van der Waals surface area contributed by atoms with Gasteiger partial charge in [0.15, 0.2) is 0 Å². The molecule has 0 radical (unpaired) electrons. The van der Waals surface area contributed by atoms with Crippen molar-refractivity contribution in [2.45, 2.75) is 31.7 Å². The van der Waals surface area contributed by atoms with Crippen molar-refractivity contribution < 1.29 is 0 Å². The molecule has 1 nitrogen and oxygen atoms in total. The Morgan fingerprint density at radius 3 is 2.89 bits per heavy atom. The minimum absolute atomic E-state index is 0.962. The van der Waals surface area contributed by atoms with Crippen molar-refractivity contribution >= 4 is 0 Å². The molecule has 1 heterocycles. The predicted octanol–water partition coefficient (Wildman–Crippen LogP) is 1.49. The Hall–Kier alpha value is -0.0400. The number of fused-ring (bicyclic) bond motifs is 2. The molecule has 2 aliphatic rings. The smallest absolute Gasteiger partial charge is 0.00954 e. The van der Waals surface area contributed by atoms with Crippen molar-refractivity contribution in [1.82, 2.24) is 4.90 Å². The normalized spacial score (nSPS) is 43.7. The quantitative estimate of drug-likeness (QED) is 0.474. The number of rotatable bonds is 0. The van der Waals surface area contributed by atoms with Crippen molar-refractivity contribution in [3.8, 4) is 0 Å². The molecule has 0 N–H and O–H groups in total. The van der Waals surface area contributed by atoms with Gasteiger partial charge >= 0.3 is 0 Å². The molecule has 52 valence electrons. The van der Waals surface area contributed by atoms with Gasteiger partial charge in [-0.2, -0.15) is 0 Å². The maximum atomic E-state index is 2.54. The van der Waals surface area contributed by atoms with Crippen LogP contribution in [0, 0.1) is 5.92 Å². The number of hydrogen-bond acceptors (Lipinski definition) is 1. The molecule has 1 heteroatoms. The third-order valence-corrected chi connectivity index (χ3v) is 2.92. The molecule has 2 bridgehead atoms. The maximum absolute atomic E-state index is 2.54. The van der Waals surface area contributed by atoms with E-state index in [2.05, 4.69) is 11.9 Å². The molecule has 0 aromatic rings. The minimum Gasteiger partial charge on any atom is -0.303 e. The highest BCUT2D eigenvalue weighted by Crippen LogP contribution is 2.33.